The van der Waals surface area contributed by atoms with Crippen molar-refractivity contribution in [3.05, 3.63) is 71.7 Å². The molecule has 1 aromatic carbocycles. The van der Waals surface area contributed by atoms with Gasteiger partial charge < -0.3 is 5.32 Å². The summed E-state index contributed by atoms with van der Waals surface area (Å²) in [5.74, 6) is -0.0887. The summed E-state index contributed by atoms with van der Waals surface area (Å²) >= 11 is 0. The minimum atomic E-state index is -0.0887. The maximum Gasteiger partial charge on any atom is 0.193 e. The molecule has 0 spiro atoms. The van der Waals surface area contributed by atoms with Crippen LogP contribution < -0.4 is 5.32 Å². The molecule has 0 atom stereocenters. The third-order valence-corrected chi connectivity index (χ3v) is 2.71. The fourth-order valence-electron chi connectivity index (χ4n) is 1.63. The molecule has 100 valence electrons. The van der Waals surface area contributed by atoms with Crippen LogP contribution in [0, 0.1) is 22.7 Å². The van der Waals surface area contributed by atoms with Gasteiger partial charge in [0, 0.05) is 35.4 Å². The Morgan fingerprint density at radius 2 is 1.57 bits per heavy atom. The fourth-order valence-corrected chi connectivity index (χ4v) is 1.63. The molecule has 1 aromatic heterocycles. The van der Waals surface area contributed by atoms with Crippen molar-refractivity contribution in [1.29, 1.82) is 10.5 Å². The average Bonchev–Trinajstić information content (AvgIpc) is 2.56. The number of rotatable bonds is 4. The Bertz CT molecular complexity index is 734. The SMILES string of the molecule is N#CC(C#N)=CNc1ccc(C(=O)c2ccncc2)cc1. The van der Waals surface area contributed by atoms with Crippen LogP contribution in [-0.4, -0.2) is 10.8 Å². The lowest BCUT2D eigenvalue weighted by atomic mass is 10.0. The number of nitriles is 2. The second kappa shape index (κ2) is 6.65. The van der Waals surface area contributed by atoms with Crippen LogP contribution in [0.15, 0.2) is 60.6 Å². The van der Waals surface area contributed by atoms with Crippen LogP contribution in [0.2, 0.25) is 0 Å². The standard InChI is InChI=1S/C16H10N4O/c17-9-12(10-18)11-20-15-3-1-13(2-4-15)16(21)14-5-7-19-8-6-14/h1-8,11,20H. The molecule has 0 aliphatic carbocycles. The summed E-state index contributed by atoms with van der Waals surface area (Å²) in [5, 5.41) is 20.1. The van der Waals surface area contributed by atoms with Crippen molar-refractivity contribution in [3.8, 4) is 12.1 Å². The lowest BCUT2D eigenvalue weighted by Gasteiger charge is -2.03. The number of ketones is 1. The van der Waals surface area contributed by atoms with Crippen molar-refractivity contribution in [2.75, 3.05) is 5.32 Å². The zero-order valence-electron chi connectivity index (χ0n) is 10.9. The van der Waals surface area contributed by atoms with Gasteiger partial charge in [0.25, 0.3) is 0 Å². The van der Waals surface area contributed by atoms with Gasteiger partial charge in [-0.15, -0.1) is 0 Å². The number of carbonyl (C=O) groups is 1. The predicted octanol–water partition coefficient (Wildman–Crippen LogP) is 2.66. The Kier molecular flexibility index (Phi) is 4.42. The van der Waals surface area contributed by atoms with E-state index in [2.05, 4.69) is 10.3 Å². The third kappa shape index (κ3) is 3.52. The van der Waals surface area contributed by atoms with Crippen LogP contribution in [0.4, 0.5) is 5.69 Å². The molecule has 0 radical (unpaired) electrons. The van der Waals surface area contributed by atoms with Gasteiger partial charge in [0.2, 0.25) is 0 Å². The second-order valence-electron chi connectivity index (χ2n) is 4.07. The summed E-state index contributed by atoms with van der Waals surface area (Å²) in [4.78, 5) is 16.0. The molecule has 1 N–H and O–H groups in total. The molecule has 0 aliphatic heterocycles. The van der Waals surface area contributed by atoms with Crippen LogP contribution in [0.5, 0.6) is 0 Å². The van der Waals surface area contributed by atoms with Gasteiger partial charge in [0.15, 0.2) is 5.78 Å². The first-order chi connectivity index (χ1) is 10.2. The molecule has 2 aromatic rings. The van der Waals surface area contributed by atoms with Crippen LogP contribution in [0.25, 0.3) is 0 Å². The van der Waals surface area contributed by atoms with Gasteiger partial charge in [-0.1, -0.05) is 0 Å². The number of anilines is 1. The summed E-state index contributed by atoms with van der Waals surface area (Å²) in [6.07, 6.45) is 4.46. The van der Waals surface area contributed by atoms with E-state index >= 15 is 0 Å². The van der Waals surface area contributed by atoms with Gasteiger partial charge in [-0.2, -0.15) is 10.5 Å². The van der Waals surface area contributed by atoms with Crippen LogP contribution in [-0.2, 0) is 0 Å². The Balaban J connectivity index is 2.13. The van der Waals surface area contributed by atoms with Gasteiger partial charge in [-0.3, -0.25) is 9.78 Å². The number of nitrogens with zero attached hydrogens (tertiary/aromatic N) is 3. The molecule has 0 bridgehead atoms. The highest BCUT2D eigenvalue weighted by atomic mass is 16.1. The van der Waals surface area contributed by atoms with Gasteiger partial charge in [-0.25, -0.2) is 0 Å². The van der Waals surface area contributed by atoms with E-state index in [1.165, 1.54) is 6.20 Å². The fraction of sp³-hybridized carbons (Fsp3) is 0. The highest BCUT2D eigenvalue weighted by Gasteiger charge is 2.07. The van der Waals surface area contributed by atoms with E-state index in [1.54, 1.807) is 60.9 Å². The summed E-state index contributed by atoms with van der Waals surface area (Å²) in [5.41, 5.74) is 1.79. The first kappa shape index (κ1) is 14.0. The van der Waals surface area contributed by atoms with E-state index in [0.29, 0.717) is 16.8 Å². The number of hydrogen-bond acceptors (Lipinski definition) is 5. The highest BCUT2D eigenvalue weighted by molar-refractivity contribution is 6.09. The van der Waals surface area contributed by atoms with Gasteiger partial charge >= 0.3 is 0 Å². The Hall–Kier alpha value is -3.44. The molecule has 0 saturated carbocycles. The topological polar surface area (TPSA) is 89.6 Å². The number of nitrogens with one attached hydrogen (secondary N) is 1. The largest absolute Gasteiger partial charge is 0.360 e. The molecule has 5 nitrogen and oxygen atoms in total. The van der Waals surface area contributed by atoms with E-state index in [1.807, 2.05) is 0 Å². The van der Waals surface area contributed by atoms with E-state index in [0.717, 1.165) is 0 Å². The Labute approximate surface area is 121 Å². The summed E-state index contributed by atoms with van der Waals surface area (Å²) in [6.45, 7) is 0. The van der Waals surface area contributed by atoms with Crippen molar-refractivity contribution in [2.45, 2.75) is 0 Å². The molecule has 21 heavy (non-hydrogen) atoms. The normalized spacial score (nSPS) is 9.05. The summed E-state index contributed by atoms with van der Waals surface area (Å²) in [7, 11) is 0. The lowest BCUT2D eigenvalue weighted by Crippen LogP contribution is -2.01. The first-order valence-corrected chi connectivity index (χ1v) is 6.06. The van der Waals surface area contributed by atoms with Crippen molar-refractivity contribution >= 4 is 11.5 Å². The monoisotopic (exact) mass is 274 g/mol. The van der Waals surface area contributed by atoms with Gasteiger partial charge in [0.05, 0.1) is 0 Å². The number of aromatic nitrogens is 1. The number of benzene rings is 1. The van der Waals surface area contributed by atoms with Crippen LogP contribution in [0.1, 0.15) is 15.9 Å². The molecule has 2 rings (SSSR count). The average molecular weight is 274 g/mol. The molecular formula is C16H10N4O. The minimum Gasteiger partial charge on any atom is -0.360 e. The molecule has 0 aliphatic rings. The van der Waals surface area contributed by atoms with Crippen LogP contribution >= 0.6 is 0 Å². The quantitative estimate of drug-likeness (QED) is 0.683. The maximum absolute atomic E-state index is 12.2. The molecule has 0 amide bonds. The minimum absolute atomic E-state index is 0.0214. The summed E-state index contributed by atoms with van der Waals surface area (Å²) in [6, 6.07) is 13.6. The zero-order valence-corrected chi connectivity index (χ0v) is 10.9. The van der Waals surface area contributed by atoms with E-state index in [9.17, 15) is 4.79 Å². The summed E-state index contributed by atoms with van der Waals surface area (Å²) < 4.78 is 0. The molecule has 0 saturated heterocycles. The number of hydrogen-bond donors (Lipinski definition) is 1. The van der Waals surface area contributed by atoms with E-state index in [-0.39, 0.29) is 11.4 Å². The molecule has 5 heteroatoms. The Morgan fingerprint density at radius 1 is 1.00 bits per heavy atom. The molecular weight excluding hydrogens is 264 g/mol. The maximum atomic E-state index is 12.2. The predicted molar refractivity (Wildman–Crippen MR) is 77.0 cm³/mol. The third-order valence-electron chi connectivity index (χ3n) is 2.71. The first-order valence-electron chi connectivity index (χ1n) is 6.06. The number of allylic oxidation sites excluding steroid dienone is 1. The molecule has 0 unspecified atom stereocenters. The van der Waals surface area contributed by atoms with Gasteiger partial charge in [-0.05, 0) is 36.4 Å². The highest BCUT2D eigenvalue weighted by Crippen LogP contribution is 2.13. The van der Waals surface area contributed by atoms with Crippen molar-refractivity contribution in [2.24, 2.45) is 0 Å². The van der Waals surface area contributed by atoms with Crippen molar-refractivity contribution in [3.63, 3.8) is 0 Å². The van der Waals surface area contributed by atoms with Crippen LogP contribution in [0.3, 0.4) is 0 Å². The Morgan fingerprint density at radius 3 is 2.14 bits per heavy atom. The van der Waals surface area contributed by atoms with Crippen molar-refractivity contribution in [1.82, 2.24) is 4.98 Å². The van der Waals surface area contributed by atoms with E-state index in [4.69, 9.17) is 10.5 Å². The molecule has 1 heterocycles. The van der Waals surface area contributed by atoms with E-state index < -0.39 is 0 Å². The zero-order chi connectivity index (χ0) is 15.1. The smallest absolute Gasteiger partial charge is 0.193 e. The molecule has 0 fully saturated rings. The number of pyridine rings is 1. The van der Waals surface area contributed by atoms with Crippen molar-refractivity contribution < 1.29 is 4.79 Å². The van der Waals surface area contributed by atoms with Gasteiger partial charge in [0.1, 0.15) is 17.7 Å². The second-order valence-corrected chi connectivity index (χ2v) is 4.07. The lowest BCUT2D eigenvalue weighted by molar-refractivity contribution is 0.103. The number of carbonyl (C=O) groups excluding carboxylic acids is 1.